The second-order valence-corrected chi connectivity index (χ2v) is 4.77. The maximum absolute atomic E-state index is 12.0. The first-order valence-electron chi connectivity index (χ1n) is 6.28. The van der Waals surface area contributed by atoms with Gasteiger partial charge in [0.2, 0.25) is 5.91 Å². The van der Waals surface area contributed by atoms with Gasteiger partial charge in [-0.3, -0.25) is 4.79 Å². The van der Waals surface area contributed by atoms with E-state index in [1.165, 1.54) is 0 Å². The highest BCUT2D eigenvalue weighted by molar-refractivity contribution is 6.30. The van der Waals surface area contributed by atoms with Crippen molar-refractivity contribution in [1.29, 1.82) is 0 Å². The number of nitrogens with zero attached hydrogens (tertiary/aromatic N) is 1. The average Bonchev–Trinajstić information content (AvgIpc) is 2.38. The fourth-order valence-corrected chi connectivity index (χ4v) is 1.86. The minimum absolute atomic E-state index is 0.0661. The number of rotatable bonds is 6. The third-order valence-electron chi connectivity index (χ3n) is 3.09. The molecule has 0 saturated carbocycles. The topological polar surface area (TPSA) is 32.3 Å². The van der Waals surface area contributed by atoms with E-state index in [0.717, 1.165) is 18.7 Å². The summed E-state index contributed by atoms with van der Waals surface area (Å²) in [6.07, 6.45) is 0.530. The fraction of sp³-hybridized carbons (Fsp3) is 0.500. The van der Waals surface area contributed by atoms with E-state index >= 15 is 0 Å². The van der Waals surface area contributed by atoms with E-state index in [0.29, 0.717) is 11.4 Å². The highest BCUT2D eigenvalue weighted by Crippen LogP contribution is 2.21. The second kappa shape index (κ2) is 7.39. The Kier molecular flexibility index (Phi) is 6.16. The predicted octanol–water partition coefficient (Wildman–Crippen LogP) is 2.86. The molecule has 100 valence electrons. The zero-order valence-corrected chi connectivity index (χ0v) is 12.0. The molecule has 1 N–H and O–H groups in total. The number of nitrogens with one attached hydrogen (secondary N) is 1. The van der Waals surface area contributed by atoms with Crippen LogP contribution in [0.2, 0.25) is 5.02 Å². The Balaban J connectivity index is 2.57. The lowest BCUT2D eigenvalue weighted by atomic mass is 10.1. The van der Waals surface area contributed by atoms with Gasteiger partial charge in [0.05, 0.1) is 6.04 Å². The van der Waals surface area contributed by atoms with E-state index in [2.05, 4.69) is 5.32 Å². The normalized spacial score (nSPS) is 12.2. The van der Waals surface area contributed by atoms with E-state index in [9.17, 15) is 4.79 Å². The van der Waals surface area contributed by atoms with Crippen LogP contribution in [0.1, 0.15) is 31.9 Å². The maximum Gasteiger partial charge on any atom is 0.224 e. The third-order valence-corrected chi connectivity index (χ3v) is 3.34. The van der Waals surface area contributed by atoms with E-state index in [-0.39, 0.29) is 11.9 Å². The fourth-order valence-electron chi connectivity index (χ4n) is 1.73. The summed E-state index contributed by atoms with van der Waals surface area (Å²) in [7, 11) is 1.84. The van der Waals surface area contributed by atoms with Crippen LogP contribution in [-0.4, -0.2) is 30.9 Å². The summed E-state index contributed by atoms with van der Waals surface area (Å²) in [5.74, 6) is 0.151. The van der Waals surface area contributed by atoms with Gasteiger partial charge in [-0.1, -0.05) is 30.7 Å². The second-order valence-electron chi connectivity index (χ2n) is 4.34. The lowest BCUT2D eigenvalue weighted by Crippen LogP contribution is -2.32. The van der Waals surface area contributed by atoms with E-state index < -0.39 is 0 Å². The molecule has 18 heavy (non-hydrogen) atoms. The molecule has 3 nitrogen and oxygen atoms in total. The minimum Gasteiger partial charge on any atom is -0.339 e. The van der Waals surface area contributed by atoms with Gasteiger partial charge in [0, 0.05) is 25.0 Å². The summed E-state index contributed by atoms with van der Waals surface area (Å²) in [6.45, 7) is 5.68. The van der Waals surface area contributed by atoms with Crippen LogP contribution in [0.5, 0.6) is 0 Å². The van der Waals surface area contributed by atoms with Crippen molar-refractivity contribution in [3.8, 4) is 0 Å². The van der Waals surface area contributed by atoms with Crippen molar-refractivity contribution in [1.82, 2.24) is 10.2 Å². The van der Waals surface area contributed by atoms with Crippen LogP contribution >= 0.6 is 11.6 Å². The minimum atomic E-state index is 0.0661. The number of hydrogen-bond acceptors (Lipinski definition) is 2. The standard InChI is InChI=1S/C14H21ClN2O/c1-4-16-10-9-14(18)17(3)11(2)12-5-7-13(15)8-6-12/h5-8,11,16H,4,9-10H2,1-3H3. The Bertz CT molecular complexity index is 378. The van der Waals surface area contributed by atoms with Crippen LogP contribution in [0.15, 0.2) is 24.3 Å². The van der Waals surface area contributed by atoms with Gasteiger partial charge in [0.15, 0.2) is 0 Å². The van der Waals surface area contributed by atoms with Crippen LogP contribution in [0.3, 0.4) is 0 Å². The molecule has 1 rings (SSSR count). The molecule has 0 heterocycles. The molecule has 1 unspecified atom stereocenters. The Hall–Kier alpha value is -1.06. The SMILES string of the molecule is CCNCCC(=O)N(C)C(C)c1ccc(Cl)cc1. The molecule has 0 radical (unpaired) electrons. The maximum atomic E-state index is 12.0. The number of halogens is 1. The summed E-state index contributed by atoms with van der Waals surface area (Å²) in [5, 5.41) is 3.87. The molecule has 1 aromatic carbocycles. The highest BCUT2D eigenvalue weighted by Gasteiger charge is 2.16. The summed E-state index contributed by atoms with van der Waals surface area (Å²) in [4.78, 5) is 13.7. The van der Waals surface area contributed by atoms with Gasteiger partial charge in [-0.25, -0.2) is 0 Å². The predicted molar refractivity (Wildman–Crippen MR) is 75.8 cm³/mol. The van der Waals surface area contributed by atoms with Crippen molar-refractivity contribution in [2.24, 2.45) is 0 Å². The molecule has 0 spiro atoms. The molecule has 1 aromatic rings. The van der Waals surface area contributed by atoms with Crippen molar-refractivity contribution in [2.45, 2.75) is 26.3 Å². The zero-order chi connectivity index (χ0) is 13.5. The van der Waals surface area contributed by atoms with Crippen LogP contribution in [-0.2, 0) is 4.79 Å². The molecule has 0 fully saturated rings. The number of amides is 1. The highest BCUT2D eigenvalue weighted by atomic mass is 35.5. The molecule has 0 aliphatic carbocycles. The summed E-state index contributed by atoms with van der Waals surface area (Å²) < 4.78 is 0. The Labute approximate surface area is 114 Å². The number of hydrogen-bond donors (Lipinski definition) is 1. The van der Waals surface area contributed by atoms with Gasteiger partial charge in [0.1, 0.15) is 0 Å². The van der Waals surface area contributed by atoms with Gasteiger partial charge >= 0.3 is 0 Å². The molecule has 0 aliphatic rings. The molecule has 0 aliphatic heterocycles. The molecule has 0 saturated heterocycles. The van der Waals surface area contributed by atoms with E-state index in [1.54, 1.807) is 4.90 Å². The van der Waals surface area contributed by atoms with Gasteiger partial charge in [0.25, 0.3) is 0 Å². The third kappa shape index (κ3) is 4.31. The first-order chi connectivity index (χ1) is 8.56. The number of benzene rings is 1. The van der Waals surface area contributed by atoms with E-state index in [4.69, 9.17) is 11.6 Å². The summed E-state index contributed by atoms with van der Waals surface area (Å²) in [5.41, 5.74) is 1.10. The van der Waals surface area contributed by atoms with E-state index in [1.807, 2.05) is 45.2 Å². The van der Waals surface area contributed by atoms with Crippen molar-refractivity contribution in [2.75, 3.05) is 20.1 Å². The first-order valence-corrected chi connectivity index (χ1v) is 6.66. The monoisotopic (exact) mass is 268 g/mol. The Morgan fingerprint density at radius 1 is 1.39 bits per heavy atom. The lowest BCUT2D eigenvalue weighted by Gasteiger charge is -2.25. The van der Waals surface area contributed by atoms with Crippen molar-refractivity contribution < 1.29 is 4.79 Å². The van der Waals surface area contributed by atoms with Gasteiger partial charge < -0.3 is 10.2 Å². The number of carbonyl (C=O) groups is 1. The van der Waals surface area contributed by atoms with Crippen molar-refractivity contribution >= 4 is 17.5 Å². The molecule has 1 atom stereocenters. The van der Waals surface area contributed by atoms with Gasteiger partial charge in [-0.2, -0.15) is 0 Å². The molecule has 0 aromatic heterocycles. The van der Waals surface area contributed by atoms with Crippen molar-refractivity contribution in [3.63, 3.8) is 0 Å². The lowest BCUT2D eigenvalue weighted by molar-refractivity contribution is -0.131. The Morgan fingerprint density at radius 3 is 2.56 bits per heavy atom. The largest absolute Gasteiger partial charge is 0.339 e. The van der Waals surface area contributed by atoms with Gasteiger partial charge in [-0.05, 0) is 31.2 Å². The molecule has 4 heteroatoms. The number of carbonyl (C=O) groups excluding carboxylic acids is 1. The molecule has 0 bridgehead atoms. The smallest absolute Gasteiger partial charge is 0.224 e. The summed E-state index contributed by atoms with van der Waals surface area (Å²) in [6, 6.07) is 7.69. The molecular weight excluding hydrogens is 248 g/mol. The van der Waals surface area contributed by atoms with Crippen molar-refractivity contribution in [3.05, 3.63) is 34.9 Å². The Morgan fingerprint density at radius 2 is 2.00 bits per heavy atom. The summed E-state index contributed by atoms with van der Waals surface area (Å²) >= 11 is 5.85. The average molecular weight is 269 g/mol. The quantitative estimate of drug-likeness (QED) is 0.805. The molecular formula is C14H21ClN2O. The van der Waals surface area contributed by atoms with Crippen LogP contribution in [0.4, 0.5) is 0 Å². The van der Waals surface area contributed by atoms with Gasteiger partial charge in [-0.15, -0.1) is 0 Å². The molecule has 1 amide bonds. The zero-order valence-electron chi connectivity index (χ0n) is 11.2. The van der Waals surface area contributed by atoms with Crippen LogP contribution < -0.4 is 5.32 Å². The van der Waals surface area contributed by atoms with Crippen LogP contribution in [0.25, 0.3) is 0 Å². The first kappa shape index (κ1) is 15.0. The van der Waals surface area contributed by atoms with Crippen LogP contribution in [0, 0.1) is 0 Å².